The molecule has 2 aliphatic rings. The van der Waals surface area contributed by atoms with Gasteiger partial charge in [0, 0.05) is 13.0 Å². The Morgan fingerprint density at radius 2 is 1.80 bits per heavy atom. The van der Waals surface area contributed by atoms with E-state index in [4.69, 9.17) is 5.73 Å². The summed E-state index contributed by atoms with van der Waals surface area (Å²) in [4.78, 5) is 14.6. The second-order valence-electron chi connectivity index (χ2n) is 6.69. The zero-order valence-electron chi connectivity index (χ0n) is 12.8. The zero-order chi connectivity index (χ0) is 14.3. The van der Waals surface area contributed by atoms with Crippen molar-refractivity contribution >= 4 is 5.91 Å². The van der Waals surface area contributed by atoms with Crippen LogP contribution < -0.4 is 11.1 Å². The van der Waals surface area contributed by atoms with Gasteiger partial charge in [-0.1, -0.05) is 19.3 Å². The highest BCUT2D eigenvalue weighted by molar-refractivity contribution is 5.76. The second-order valence-corrected chi connectivity index (χ2v) is 6.69. The number of hydrogen-bond donors (Lipinski definition) is 2. The summed E-state index contributed by atoms with van der Waals surface area (Å²) in [6.45, 7) is 5.08. The quantitative estimate of drug-likeness (QED) is 0.701. The Labute approximate surface area is 123 Å². The number of carbonyl (C=O) groups excluding carboxylic acids is 1. The summed E-state index contributed by atoms with van der Waals surface area (Å²) < 4.78 is 0. The molecule has 1 saturated carbocycles. The van der Waals surface area contributed by atoms with Gasteiger partial charge in [-0.25, -0.2) is 0 Å². The molecule has 0 unspecified atom stereocenters. The molecule has 2 rings (SSSR count). The lowest BCUT2D eigenvalue weighted by Gasteiger charge is -2.35. The summed E-state index contributed by atoms with van der Waals surface area (Å²) in [6, 6.07) is 0. The van der Waals surface area contributed by atoms with Gasteiger partial charge in [-0.15, -0.1) is 0 Å². The maximum Gasteiger partial charge on any atom is 0.220 e. The van der Waals surface area contributed by atoms with Gasteiger partial charge in [0.25, 0.3) is 0 Å². The Hall–Kier alpha value is -0.610. The molecule has 20 heavy (non-hydrogen) atoms. The normalized spacial score (nSPS) is 22.9. The average Bonchev–Trinajstić information content (AvgIpc) is 2.98. The van der Waals surface area contributed by atoms with E-state index in [1.54, 1.807) is 0 Å². The first-order valence-corrected chi connectivity index (χ1v) is 8.43. The molecular formula is C16H31N3O. The van der Waals surface area contributed by atoms with E-state index >= 15 is 0 Å². The summed E-state index contributed by atoms with van der Waals surface area (Å²) in [5, 5.41) is 3.09. The van der Waals surface area contributed by atoms with E-state index in [0.29, 0.717) is 13.0 Å². The number of nitrogens with two attached hydrogens (primary N) is 1. The zero-order valence-corrected chi connectivity index (χ0v) is 12.8. The van der Waals surface area contributed by atoms with Crippen LogP contribution in [0.3, 0.4) is 0 Å². The van der Waals surface area contributed by atoms with Gasteiger partial charge in [0.2, 0.25) is 5.91 Å². The Morgan fingerprint density at radius 3 is 2.45 bits per heavy atom. The molecule has 4 nitrogen and oxygen atoms in total. The second kappa shape index (κ2) is 7.99. The monoisotopic (exact) mass is 281 g/mol. The number of nitrogens with one attached hydrogen (secondary N) is 1. The van der Waals surface area contributed by atoms with Crippen LogP contribution >= 0.6 is 0 Å². The van der Waals surface area contributed by atoms with Crippen molar-refractivity contribution in [2.45, 2.75) is 57.8 Å². The predicted octanol–water partition coefficient (Wildman–Crippen LogP) is 1.89. The average molecular weight is 281 g/mol. The largest absolute Gasteiger partial charge is 0.356 e. The Morgan fingerprint density at radius 1 is 1.10 bits per heavy atom. The molecule has 4 heteroatoms. The van der Waals surface area contributed by atoms with Crippen LogP contribution in [-0.2, 0) is 4.79 Å². The van der Waals surface area contributed by atoms with Crippen molar-refractivity contribution in [3.8, 4) is 0 Å². The van der Waals surface area contributed by atoms with Crippen LogP contribution in [0.2, 0.25) is 0 Å². The third-order valence-electron chi connectivity index (χ3n) is 5.05. The van der Waals surface area contributed by atoms with Crippen LogP contribution in [0.15, 0.2) is 0 Å². The Kier molecular flexibility index (Phi) is 6.30. The first-order chi connectivity index (χ1) is 9.74. The summed E-state index contributed by atoms with van der Waals surface area (Å²) in [7, 11) is 0. The van der Waals surface area contributed by atoms with E-state index in [2.05, 4.69) is 10.2 Å². The number of nitrogens with zero attached hydrogens (tertiary/aromatic N) is 1. The molecule has 116 valence electrons. The van der Waals surface area contributed by atoms with Crippen molar-refractivity contribution in [2.24, 2.45) is 11.1 Å². The van der Waals surface area contributed by atoms with Crippen molar-refractivity contribution in [1.29, 1.82) is 0 Å². The Bertz CT molecular complexity index is 294. The highest BCUT2D eigenvalue weighted by atomic mass is 16.1. The van der Waals surface area contributed by atoms with Gasteiger partial charge >= 0.3 is 0 Å². The molecule has 1 heterocycles. The lowest BCUT2D eigenvalue weighted by Crippen LogP contribution is -2.39. The molecule has 0 aromatic rings. The number of amides is 1. The predicted molar refractivity (Wildman–Crippen MR) is 82.5 cm³/mol. The molecule has 0 bridgehead atoms. The molecule has 1 aliphatic heterocycles. The minimum Gasteiger partial charge on any atom is -0.356 e. The fourth-order valence-electron chi connectivity index (χ4n) is 3.69. The summed E-state index contributed by atoms with van der Waals surface area (Å²) in [5.41, 5.74) is 6.03. The van der Waals surface area contributed by atoms with Crippen LogP contribution in [0, 0.1) is 5.41 Å². The van der Waals surface area contributed by atoms with Crippen molar-refractivity contribution in [3.05, 3.63) is 0 Å². The molecule has 2 fully saturated rings. The van der Waals surface area contributed by atoms with Crippen LogP contribution in [-0.4, -0.2) is 43.5 Å². The fourth-order valence-corrected chi connectivity index (χ4v) is 3.69. The van der Waals surface area contributed by atoms with E-state index in [1.807, 2.05) is 0 Å². The number of carbonyl (C=O) groups is 1. The highest BCUT2D eigenvalue weighted by Crippen LogP contribution is 2.38. The molecule has 0 atom stereocenters. The van der Waals surface area contributed by atoms with Gasteiger partial charge in [0.15, 0.2) is 0 Å². The molecule has 1 aliphatic carbocycles. The first-order valence-electron chi connectivity index (χ1n) is 8.43. The third-order valence-corrected chi connectivity index (χ3v) is 5.05. The summed E-state index contributed by atoms with van der Waals surface area (Å²) in [5.74, 6) is 0.207. The summed E-state index contributed by atoms with van der Waals surface area (Å²) in [6.07, 6.45) is 10.4. The number of hydrogen-bond acceptors (Lipinski definition) is 3. The molecule has 0 aromatic carbocycles. The van der Waals surface area contributed by atoms with Crippen molar-refractivity contribution in [1.82, 2.24) is 10.2 Å². The minimum absolute atomic E-state index is 0.0945. The standard InChI is InChI=1S/C16H31N3O/c17-14-16(7-2-1-3-8-16)13-15(20)18-9-6-12-19-10-4-5-11-19/h1-14,17H2,(H,18,20). The van der Waals surface area contributed by atoms with Crippen LogP contribution in [0.5, 0.6) is 0 Å². The van der Waals surface area contributed by atoms with E-state index in [0.717, 1.165) is 32.4 Å². The minimum atomic E-state index is 0.0945. The molecular weight excluding hydrogens is 250 g/mol. The number of likely N-dealkylation sites (tertiary alicyclic amines) is 1. The van der Waals surface area contributed by atoms with Crippen molar-refractivity contribution in [2.75, 3.05) is 32.7 Å². The fraction of sp³-hybridized carbons (Fsp3) is 0.938. The van der Waals surface area contributed by atoms with Gasteiger partial charge in [-0.05, 0) is 63.7 Å². The molecule has 0 spiro atoms. The van der Waals surface area contributed by atoms with Crippen molar-refractivity contribution in [3.63, 3.8) is 0 Å². The maximum atomic E-state index is 12.1. The number of rotatable bonds is 7. The first kappa shape index (κ1) is 15.8. The lowest BCUT2D eigenvalue weighted by molar-refractivity contribution is -0.123. The van der Waals surface area contributed by atoms with Gasteiger partial charge in [0.1, 0.15) is 0 Å². The van der Waals surface area contributed by atoms with Gasteiger partial charge in [0.05, 0.1) is 0 Å². The maximum absolute atomic E-state index is 12.1. The molecule has 1 amide bonds. The summed E-state index contributed by atoms with van der Waals surface area (Å²) >= 11 is 0. The molecule has 0 aromatic heterocycles. The van der Waals surface area contributed by atoms with E-state index < -0.39 is 0 Å². The van der Waals surface area contributed by atoms with Crippen LogP contribution in [0.25, 0.3) is 0 Å². The van der Waals surface area contributed by atoms with Crippen molar-refractivity contribution < 1.29 is 4.79 Å². The van der Waals surface area contributed by atoms with Gasteiger partial charge in [-0.2, -0.15) is 0 Å². The van der Waals surface area contributed by atoms with E-state index in [9.17, 15) is 4.79 Å². The highest BCUT2D eigenvalue weighted by Gasteiger charge is 2.32. The molecule has 1 saturated heterocycles. The molecule has 3 N–H and O–H groups in total. The Balaban J connectivity index is 1.61. The van der Waals surface area contributed by atoms with Crippen LogP contribution in [0.1, 0.15) is 57.8 Å². The SMILES string of the molecule is NCC1(CC(=O)NCCCN2CCCC2)CCCCC1. The lowest BCUT2D eigenvalue weighted by atomic mass is 9.71. The van der Waals surface area contributed by atoms with Gasteiger partial charge in [-0.3, -0.25) is 4.79 Å². The van der Waals surface area contributed by atoms with Gasteiger partial charge < -0.3 is 16.0 Å². The third kappa shape index (κ3) is 4.74. The molecule has 0 radical (unpaired) electrons. The smallest absolute Gasteiger partial charge is 0.220 e. The van der Waals surface area contributed by atoms with Crippen LogP contribution in [0.4, 0.5) is 0 Å². The van der Waals surface area contributed by atoms with E-state index in [-0.39, 0.29) is 11.3 Å². The topological polar surface area (TPSA) is 58.4 Å². The van der Waals surface area contributed by atoms with E-state index in [1.165, 1.54) is 45.2 Å².